The van der Waals surface area contributed by atoms with Crippen molar-refractivity contribution in [2.75, 3.05) is 0 Å². The minimum atomic E-state index is 0. The summed E-state index contributed by atoms with van der Waals surface area (Å²) in [7, 11) is 0. The molecule has 3 rings (SSSR count). The van der Waals surface area contributed by atoms with Crippen LogP contribution in [-0.4, -0.2) is 9.97 Å². The van der Waals surface area contributed by atoms with Crippen molar-refractivity contribution in [3.63, 3.8) is 0 Å². The number of nitrogens with zero attached hydrogens (tertiary/aromatic N) is 2. The molecule has 0 N–H and O–H groups in total. The molecule has 0 aliphatic carbocycles. The molecular formula is C12H6Cl2CuN2+2. The average Bonchev–Trinajstić information content (AvgIpc) is 2.30. The SMILES string of the molecule is Clc1ccnc2c1ccc1c(Cl)ccnc12.[Cu+2]. The first-order chi connectivity index (χ1) is 7.77. The van der Waals surface area contributed by atoms with Gasteiger partial charge in [-0.1, -0.05) is 35.3 Å². The topological polar surface area (TPSA) is 25.8 Å². The largest absolute Gasteiger partial charge is 2.00 e. The maximum atomic E-state index is 6.10. The van der Waals surface area contributed by atoms with Crippen molar-refractivity contribution < 1.29 is 17.1 Å². The van der Waals surface area contributed by atoms with Gasteiger partial charge in [-0.15, -0.1) is 0 Å². The van der Waals surface area contributed by atoms with Crippen molar-refractivity contribution in [2.45, 2.75) is 0 Å². The summed E-state index contributed by atoms with van der Waals surface area (Å²) in [4.78, 5) is 8.61. The van der Waals surface area contributed by atoms with Gasteiger partial charge in [0.1, 0.15) is 0 Å². The zero-order valence-electron chi connectivity index (χ0n) is 8.42. The van der Waals surface area contributed by atoms with Crippen LogP contribution in [0.5, 0.6) is 0 Å². The van der Waals surface area contributed by atoms with Gasteiger partial charge in [-0.25, -0.2) is 0 Å². The molecule has 2 heterocycles. The van der Waals surface area contributed by atoms with E-state index in [1.807, 2.05) is 12.1 Å². The molecule has 2 aromatic heterocycles. The van der Waals surface area contributed by atoms with E-state index in [0.29, 0.717) is 10.0 Å². The molecule has 0 bridgehead atoms. The summed E-state index contributed by atoms with van der Waals surface area (Å²) in [5, 5.41) is 3.14. The van der Waals surface area contributed by atoms with Gasteiger partial charge in [0.2, 0.25) is 0 Å². The first kappa shape index (κ1) is 12.6. The quantitative estimate of drug-likeness (QED) is 0.461. The van der Waals surface area contributed by atoms with Crippen LogP contribution in [0.3, 0.4) is 0 Å². The number of benzene rings is 1. The molecule has 0 unspecified atom stereocenters. The summed E-state index contributed by atoms with van der Waals surface area (Å²) in [6, 6.07) is 7.36. The summed E-state index contributed by atoms with van der Waals surface area (Å²) in [6.45, 7) is 0. The van der Waals surface area contributed by atoms with E-state index in [1.54, 1.807) is 24.5 Å². The van der Waals surface area contributed by atoms with E-state index in [9.17, 15) is 0 Å². The van der Waals surface area contributed by atoms with E-state index in [-0.39, 0.29) is 17.1 Å². The van der Waals surface area contributed by atoms with E-state index < -0.39 is 0 Å². The first-order valence-electron chi connectivity index (χ1n) is 4.75. The van der Waals surface area contributed by atoms with E-state index in [0.717, 1.165) is 21.8 Å². The Kier molecular flexibility index (Phi) is 3.55. The first-order valence-corrected chi connectivity index (χ1v) is 5.50. The normalized spacial score (nSPS) is 10.5. The molecule has 3 aromatic rings. The average molecular weight is 313 g/mol. The fourth-order valence-electron chi connectivity index (χ4n) is 1.76. The predicted molar refractivity (Wildman–Crippen MR) is 67.1 cm³/mol. The van der Waals surface area contributed by atoms with Crippen molar-refractivity contribution in [1.29, 1.82) is 0 Å². The number of pyridine rings is 2. The van der Waals surface area contributed by atoms with Crippen LogP contribution in [0.25, 0.3) is 21.8 Å². The summed E-state index contributed by atoms with van der Waals surface area (Å²) >= 11 is 12.2. The third-order valence-corrected chi connectivity index (χ3v) is 3.17. The van der Waals surface area contributed by atoms with Crippen LogP contribution in [0.1, 0.15) is 0 Å². The van der Waals surface area contributed by atoms with Crippen LogP contribution in [-0.2, 0) is 17.1 Å². The van der Waals surface area contributed by atoms with E-state index in [1.165, 1.54) is 0 Å². The zero-order chi connectivity index (χ0) is 11.1. The predicted octanol–water partition coefficient (Wildman–Crippen LogP) is 4.09. The summed E-state index contributed by atoms with van der Waals surface area (Å²) < 4.78 is 0. The maximum Gasteiger partial charge on any atom is 2.00 e. The fourth-order valence-corrected chi connectivity index (χ4v) is 2.18. The monoisotopic (exact) mass is 311 g/mol. The molecule has 1 aromatic carbocycles. The summed E-state index contributed by atoms with van der Waals surface area (Å²) in [6.07, 6.45) is 3.35. The van der Waals surface area contributed by atoms with Gasteiger partial charge in [-0.05, 0) is 12.1 Å². The van der Waals surface area contributed by atoms with E-state index in [2.05, 4.69) is 9.97 Å². The third kappa shape index (κ3) is 2.00. The molecule has 0 atom stereocenters. The van der Waals surface area contributed by atoms with Crippen LogP contribution >= 0.6 is 23.2 Å². The number of rotatable bonds is 0. The van der Waals surface area contributed by atoms with Crippen molar-refractivity contribution in [3.05, 3.63) is 46.7 Å². The minimum Gasteiger partial charge on any atom is -0.254 e. The van der Waals surface area contributed by atoms with Gasteiger partial charge in [0.05, 0.1) is 21.1 Å². The van der Waals surface area contributed by atoms with Crippen molar-refractivity contribution in [3.8, 4) is 0 Å². The molecule has 17 heavy (non-hydrogen) atoms. The van der Waals surface area contributed by atoms with Crippen LogP contribution in [0.2, 0.25) is 10.0 Å². The third-order valence-electron chi connectivity index (χ3n) is 2.51. The molecule has 87 valence electrons. The summed E-state index contributed by atoms with van der Waals surface area (Å²) in [5.41, 5.74) is 1.57. The van der Waals surface area contributed by atoms with E-state index >= 15 is 0 Å². The van der Waals surface area contributed by atoms with Crippen molar-refractivity contribution >= 4 is 45.0 Å². The Balaban J connectivity index is 0.00000108. The second kappa shape index (κ2) is 4.79. The van der Waals surface area contributed by atoms with Gasteiger partial charge in [-0.3, -0.25) is 9.97 Å². The minimum absolute atomic E-state index is 0. The Hall–Kier alpha value is -0.861. The Morgan fingerprint density at radius 2 is 1.12 bits per heavy atom. The maximum absolute atomic E-state index is 6.10. The van der Waals surface area contributed by atoms with Crippen LogP contribution in [0.15, 0.2) is 36.7 Å². The molecule has 1 radical (unpaired) electrons. The van der Waals surface area contributed by atoms with Gasteiger partial charge in [0, 0.05) is 23.2 Å². The van der Waals surface area contributed by atoms with E-state index in [4.69, 9.17) is 23.2 Å². The zero-order valence-corrected chi connectivity index (χ0v) is 10.9. The molecular weight excluding hydrogens is 307 g/mol. The Morgan fingerprint density at radius 1 is 0.706 bits per heavy atom. The van der Waals surface area contributed by atoms with Crippen LogP contribution < -0.4 is 0 Å². The molecule has 0 fully saturated rings. The number of aromatic nitrogens is 2. The number of hydrogen-bond donors (Lipinski definition) is 0. The molecule has 0 aliphatic rings. The second-order valence-corrected chi connectivity index (χ2v) is 4.26. The smallest absolute Gasteiger partial charge is 0.254 e. The van der Waals surface area contributed by atoms with Gasteiger partial charge in [-0.2, -0.15) is 0 Å². The number of fused-ring (bicyclic) bond motifs is 3. The number of halogens is 2. The van der Waals surface area contributed by atoms with Crippen molar-refractivity contribution in [1.82, 2.24) is 9.97 Å². The van der Waals surface area contributed by atoms with Crippen LogP contribution in [0.4, 0.5) is 0 Å². The molecule has 2 nitrogen and oxygen atoms in total. The Morgan fingerprint density at radius 3 is 1.53 bits per heavy atom. The molecule has 0 spiro atoms. The standard InChI is InChI=1S/C12H6Cl2N2.Cu/c13-9-3-5-15-11-7(9)1-2-8-10(14)4-6-16-12(8)11;/h1-6H;/q;+2. The Labute approximate surface area is 118 Å². The van der Waals surface area contributed by atoms with Crippen molar-refractivity contribution in [2.24, 2.45) is 0 Å². The number of hydrogen-bond acceptors (Lipinski definition) is 2. The van der Waals surface area contributed by atoms with Gasteiger partial charge in [0.25, 0.3) is 0 Å². The summed E-state index contributed by atoms with van der Waals surface area (Å²) in [5.74, 6) is 0. The molecule has 0 aliphatic heterocycles. The second-order valence-electron chi connectivity index (χ2n) is 3.44. The van der Waals surface area contributed by atoms with Gasteiger partial charge in [0.15, 0.2) is 0 Å². The fraction of sp³-hybridized carbons (Fsp3) is 0. The van der Waals surface area contributed by atoms with Gasteiger partial charge < -0.3 is 0 Å². The molecule has 5 heteroatoms. The Bertz CT molecular complexity index is 640. The molecule has 0 saturated heterocycles. The van der Waals surface area contributed by atoms with Gasteiger partial charge >= 0.3 is 17.1 Å². The molecule has 0 amide bonds. The molecule has 0 saturated carbocycles. The van der Waals surface area contributed by atoms with Crippen LogP contribution in [0, 0.1) is 0 Å².